The normalized spacial score (nSPS) is 16.2. The van der Waals surface area contributed by atoms with Crippen LogP contribution in [0, 0.1) is 0 Å². The van der Waals surface area contributed by atoms with E-state index in [1.54, 1.807) is 13.2 Å². The smallest absolute Gasteiger partial charge is 0.305 e. The molecule has 0 aliphatic carbocycles. The number of phenols is 1. The first kappa shape index (κ1) is 101. The zero-order chi connectivity index (χ0) is 84.4. The van der Waals surface area contributed by atoms with Gasteiger partial charge in [-0.2, -0.15) is 23.5 Å². The molecule has 0 bridgehead atoms. The number of primary amides is 1. The lowest BCUT2D eigenvalue weighted by Crippen LogP contribution is -2.61. The molecule has 1 aliphatic heterocycles. The zero-order valence-corrected chi connectivity index (χ0v) is 69.2. The average molecular weight is 1630 g/mol. The molecule has 1 heterocycles. The Labute approximate surface area is 674 Å². The summed E-state index contributed by atoms with van der Waals surface area (Å²) in [4.78, 5) is 206. The number of rotatable bonds is 63. The first-order chi connectivity index (χ1) is 53.9. The number of hydrogen-bond acceptors (Lipinski definition) is 21. The number of likely N-dealkylation sites (tertiary alicyclic amines) is 1. The number of carbonyl (C=O) groups is 15. The molecule has 113 heavy (non-hydrogen) atoms. The summed E-state index contributed by atoms with van der Waals surface area (Å²) >= 11 is 2.76. The fourth-order valence-corrected chi connectivity index (χ4v) is 13.9. The van der Waals surface area contributed by atoms with Crippen LogP contribution in [0.25, 0.3) is 0 Å². The Morgan fingerprint density at radius 1 is 0.513 bits per heavy atom. The predicted molar refractivity (Wildman–Crippen MR) is 432 cm³/mol. The lowest BCUT2D eigenvalue weighted by atomic mass is 10.0. The number of nitrogens with two attached hydrogens (primary N) is 2. The van der Waals surface area contributed by atoms with Crippen molar-refractivity contribution in [2.45, 2.75) is 319 Å². The van der Waals surface area contributed by atoms with Gasteiger partial charge < -0.3 is 95.3 Å². The van der Waals surface area contributed by atoms with Crippen LogP contribution in [0.5, 0.6) is 5.75 Å². The van der Waals surface area contributed by atoms with Gasteiger partial charge in [0.15, 0.2) is 5.78 Å². The van der Waals surface area contributed by atoms with Crippen molar-refractivity contribution in [1.29, 1.82) is 0 Å². The van der Waals surface area contributed by atoms with Gasteiger partial charge in [0, 0.05) is 25.3 Å². The monoisotopic (exact) mass is 1630 g/mol. The molecule has 35 heteroatoms. The number of aliphatic hydroxyl groups is 2. The number of aromatic hydroxyl groups is 1. The summed E-state index contributed by atoms with van der Waals surface area (Å²) in [6.07, 6.45) is 18.8. The molecule has 2 rings (SSSR count). The third kappa shape index (κ3) is 40.6. The number of carboxylic acids is 1. The first-order valence-corrected chi connectivity index (χ1v) is 43.1. The second-order valence-electron chi connectivity index (χ2n) is 29.2. The molecule has 13 atom stereocenters. The first-order valence-electron chi connectivity index (χ1n) is 40.3. The van der Waals surface area contributed by atoms with Crippen molar-refractivity contribution < 1.29 is 92.3 Å². The molecule has 1 aliphatic rings. The van der Waals surface area contributed by atoms with Crippen molar-refractivity contribution in [2.24, 2.45) is 11.5 Å². The van der Waals surface area contributed by atoms with Crippen molar-refractivity contribution in [3.8, 4) is 5.75 Å². The van der Waals surface area contributed by atoms with E-state index in [1.165, 1.54) is 104 Å². The number of unbranched alkanes of at least 4 members (excludes halogenated alkanes) is 16. The molecule has 0 spiro atoms. The van der Waals surface area contributed by atoms with Crippen LogP contribution in [-0.4, -0.2) is 236 Å². The van der Waals surface area contributed by atoms with E-state index in [-0.39, 0.29) is 81.7 Å². The van der Waals surface area contributed by atoms with E-state index in [4.69, 9.17) is 11.5 Å². The topological polar surface area (TPSA) is 525 Å². The van der Waals surface area contributed by atoms with Gasteiger partial charge in [-0.15, -0.1) is 0 Å². The third-order valence-corrected chi connectivity index (χ3v) is 20.8. The fraction of sp³-hybridized carbons (Fsp3) is 0.731. The minimum atomic E-state index is -1.73. The number of phenolic OH excluding ortho intramolecular Hbond substituents is 1. The molecule has 1 aromatic carbocycles. The summed E-state index contributed by atoms with van der Waals surface area (Å²) in [5.41, 5.74) is 11.9. The molecule has 13 amide bonds. The van der Waals surface area contributed by atoms with Crippen LogP contribution in [0.15, 0.2) is 24.3 Å². The van der Waals surface area contributed by atoms with Gasteiger partial charge in [-0.25, -0.2) is 0 Å². The highest BCUT2D eigenvalue weighted by Crippen LogP contribution is 2.26. The van der Waals surface area contributed by atoms with Crippen LogP contribution in [0.1, 0.15) is 240 Å². The molecular weight excluding hydrogens is 1500 g/mol. The molecule has 0 saturated carbocycles. The minimum Gasteiger partial charge on any atom is -0.508 e. The Morgan fingerprint density at radius 2 is 0.965 bits per heavy atom. The highest BCUT2D eigenvalue weighted by atomic mass is 32.2. The van der Waals surface area contributed by atoms with Crippen molar-refractivity contribution in [3.63, 3.8) is 0 Å². The Kier molecular flexibility index (Phi) is 51.6. The second-order valence-corrected chi connectivity index (χ2v) is 31.2. The number of nitrogens with one attached hydrogen (secondary N) is 11. The lowest BCUT2D eigenvalue weighted by Gasteiger charge is -2.32. The Morgan fingerprint density at radius 3 is 1.47 bits per heavy atom. The largest absolute Gasteiger partial charge is 0.508 e. The molecular formula is C78H132N14O19S2. The number of Topliss-reactive ketones (excluding diaryl/α,β-unsaturated/α-hetero) is 1. The van der Waals surface area contributed by atoms with E-state index in [0.29, 0.717) is 62.7 Å². The van der Waals surface area contributed by atoms with Gasteiger partial charge in [-0.3, -0.25) is 71.9 Å². The van der Waals surface area contributed by atoms with Crippen LogP contribution < -0.4 is 70.0 Å². The van der Waals surface area contributed by atoms with Gasteiger partial charge in [-0.05, 0) is 133 Å². The third-order valence-electron chi connectivity index (χ3n) is 19.5. The van der Waals surface area contributed by atoms with Crippen LogP contribution in [-0.2, 0) is 78.3 Å². The standard InChI is InChI=1S/C78H132N14O19S2/c1-9-12-15-16-17-18-19-20-21-22-23-24-26-32-65(98)82-57(39-42-112-7)69(102)81-47-66(99)83-60(45-52-33-35-53(96)36-34-52)74(107)86-56(37-38-64(80)97)72(105)85-54(29-25-13-10-2)70(103)84-55(30-27-28-41-79)71(104)89-61-44-49(4)92(78(61)111)63(31-14-11-3)76(109)90-62(48-93)75(108)87-58(40-43-113-8)73(106)91-68(51(6)95)77(110)88-59(50(5)94)46-67(100)101/h33-36,49,51,54-63,68,93,95-96H,9-32,37-48,79H2,1-8H3,(H2,80,97)(H,81,102)(H,82,98)(H,83,99)(H,84,103)(H,85,105)(H,86,107)(H,87,108)(H,88,110)(H,89,104)(H,90,109)(H,91,106)(H,100,101)/t49?,51-,54+,55+,56+,57+,58+,59+,60+,61+,62-,63+,68+/m1/s1. The molecule has 1 fully saturated rings. The van der Waals surface area contributed by atoms with Crippen LogP contribution >= 0.6 is 23.5 Å². The summed E-state index contributed by atoms with van der Waals surface area (Å²) < 4.78 is 0. The van der Waals surface area contributed by atoms with Gasteiger partial charge in [0.25, 0.3) is 0 Å². The summed E-state index contributed by atoms with van der Waals surface area (Å²) in [6, 6.07) is -10.7. The van der Waals surface area contributed by atoms with E-state index >= 15 is 0 Å². The maximum Gasteiger partial charge on any atom is 0.305 e. The number of carbonyl (C=O) groups excluding carboxylic acids is 14. The SMILES string of the molecule is CCCCCCCCCCCCCCCC(=O)N[C@@H](CCSC)C(=O)NCC(=O)N[C@@H](Cc1ccc(O)cc1)C(=O)N[C@@H](CCC(N)=O)C(=O)N[C@@H](CCCCC)C(=O)N[C@@H](CCCCN)C(=O)N[C@H]1CC(C)N([C@@H](CCCC)C(=O)N[C@H](CO)C(=O)N[C@@H](CCSC)C(=O)N[C@H](C(=O)N[C@@H](CC(=O)O)C(C)=O)[C@@H](C)O)C1=O. The lowest BCUT2D eigenvalue weighted by molar-refractivity contribution is -0.142. The molecule has 33 nitrogen and oxygen atoms in total. The van der Waals surface area contributed by atoms with Crippen LogP contribution in [0.4, 0.5) is 0 Å². The van der Waals surface area contributed by atoms with E-state index in [9.17, 15) is 92.3 Å². The number of nitrogens with zero attached hydrogens (tertiary/aromatic N) is 1. The molecule has 0 radical (unpaired) electrons. The average Bonchev–Trinajstić information content (AvgIpc) is 1.65. The van der Waals surface area contributed by atoms with E-state index in [1.807, 2.05) is 20.1 Å². The number of aliphatic carboxylic acids is 1. The van der Waals surface area contributed by atoms with Gasteiger partial charge >= 0.3 is 5.97 Å². The van der Waals surface area contributed by atoms with Crippen molar-refractivity contribution in [3.05, 3.63) is 29.8 Å². The second kappa shape index (κ2) is 57.8. The number of hydrogen-bond donors (Lipinski definition) is 17. The number of ketones is 1. The number of thioether (sulfide) groups is 2. The Balaban J connectivity index is 2.37. The quantitative estimate of drug-likeness (QED) is 0.0417. The van der Waals surface area contributed by atoms with Crippen molar-refractivity contribution in [2.75, 3.05) is 43.7 Å². The summed E-state index contributed by atoms with van der Waals surface area (Å²) in [7, 11) is 0. The zero-order valence-electron chi connectivity index (χ0n) is 67.6. The maximum atomic E-state index is 14.7. The molecule has 1 saturated heterocycles. The fourth-order valence-electron chi connectivity index (χ4n) is 12.9. The highest BCUT2D eigenvalue weighted by Gasteiger charge is 2.46. The van der Waals surface area contributed by atoms with E-state index in [2.05, 4.69) is 65.4 Å². The predicted octanol–water partition coefficient (Wildman–Crippen LogP) is 2.48. The molecule has 19 N–H and O–H groups in total. The number of aliphatic hydroxyl groups excluding tert-OH is 2. The maximum absolute atomic E-state index is 14.7. The van der Waals surface area contributed by atoms with Gasteiger partial charge in [0.05, 0.1) is 31.7 Å². The van der Waals surface area contributed by atoms with E-state index in [0.717, 1.165) is 39.5 Å². The van der Waals surface area contributed by atoms with Crippen molar-refractivity contribution in [1.82, 2.24) is 63.4 Å². The molecule has 0 aromatic heterocycles. The summed E-state index contributed by atoms with van der Waals surface area (Å²) in [5, 5.41) is 68.8. The summed E-state index contributed by atoms with van der Waals surface area (Å²) in [5.74, 6) is -12.2. The van der Waals surface area contributed by atoms with Gasteiger partial charge in [0.1, 0.15) is 66.2 Å². The molecule has 1 aromatic rings. The Hall–Kier alpha value is -8.15. The van der Waals surface area contributed by atoms with Crippen LogP contribution in [0.3, 0.4) is 0 Å². The van der Waals surface area contributed by atoms with E-state index < -0.39 is 187 Å². The summed E-state index contributed by atoms with van der Waals surface area (Å²) in [6.45, 7) is 8.38. The molecule has 640 valence electrons. The van der Waals surface area contributed by atoms with Crippen LogP contribution in [0.2, 0.25) is 0 Å². The Bertz CT molecular complexity index is 3160. The van der Waals surface area contributed by atoms with Gasteiger partial charge in [0.2, 0.25) is 76.8 Å². The van der Waals surface area contributed by atoms with Crippen molar-refractivity contribution >= 4 is 112 Å². The number of carboxylic acid groups (broad SMARTS) is 1. The number of benzene rings is 1. The minimum absolute atomic E-state index is 0.00697. The highest BCUT2D eigenvalue weighted by molar-refractivity contribution is 7.98. The number of amides is 13. The van der Waals surface area contributed by atoms with Gasteiger partial charge in [-0.1, -0.05) is 142 Å². The molecule has 1 unspecified atom stereocenters.